The first-order valence-corrected chi connectivity index (χ1v) is 8.58. The van der Waals surface area contributed by atoms with Gasteiger partial charge < -0.3 is 10.2 Å². The number of carbonyl (C=O) groups is 1. The molecular weight excluding hydrogens is 366 g/mol. The fourth-order valence-corrected chi connectivity index (χ4v) is 2.76. The number of nitrogens with one attached hydrogen (secondary N) is 1. The molecule has 8 heteroatoms. The van der Waals surface area contributed by atoms with Crippen LogP contribution in [0.3, 0.4) is 0 Å². The minimum atomic E-state index is -0.420. The van der Waals surface area contributed by atoms with Gasteiger partial charge in [0.2, 0.25) is 0 Å². The first kappa shape index (κ1) is 18.6. The first-order valence-electron chi connectivity index (χ1n) is 8.20. The summed E-state index contributed by atoms with van der Waals surface area (Å²) in [5, 5.41) is 7.07. The van der Waals surface area contributed by atoms with Gasteiger partial charge in [-0.05, 0) is 35.9 Å². The Bertz CT molecular complexity index is 1000. The third kappa shape index (κ3) is 4.15. The molecule has 0 fully saturated rings. The molecule has 3 rings (SSSR count). The lowest BCUT2D eigenvalue weighted by atomic mass is 10.2. The van der Waals surface area contributed by atoms with Gasteiger partial charge in [-0.1, -0.05) is 17.7 Å². The number of amides is 1. The second kappa shape index (κ2) is 8.01. The Balaban J connectivity index is 1.76. The molecule has 0 aliphatic heterocycles. The van der Waals surface area contributed by atoms with Crippen molar-refractivity contribution in [2.75, 3.05) is 19.0 Å². The lowest BCUT2D eigenvalue weighted by Gasteiger charge is -2.14. The average Bonchev–Trinajstić information content (AvgIpc) is 2.69. The Morgan fingerprint density at radius 2 is 1.93 bits per heavy atom. The van der Waals surface area contributed by atoms with Gasteiger partial charge in [-0.15, -0.1) is 0 Å². The van der Waals surface area contributed by atoms with E-state index in [4.69, 9.17) is 11.6 Å². The summed E-state index contributed by atoms with van der Waals surface area (Å²) in [6.07, 6.45) is 4.90. The maximum Gasteiger partial charge on any atom is 0.292 e. The van der Waals surface area contributed by atoms with Crippen LogP contribution in [0.4, 0.5) is 5.69 Å². The van der Waals surface area contributed by atoms with Crippen molar-refractivity contribution in [3.8, 4) is 5.69 Å². The van der Waals surface area contributed by atoms with Crippen LogP contribution in [0.25, 0.3) is 5.69 Å². The predicted octanol–water partition coefficient (Wildman–Crippen LogP) is 2.28. The van der Waals surface area contributed by atoms with E-state index in [9.17, 15) is 9.59 Å². The minimum absolute atomic E-state index is 0.0910. The summed E-state index contributed by atoms with van der Waals surface area (Å²) in [5.41, 5.74) is 2.04. The number of halogens is 1. The molecule has 0 aliphatic rings. The highest BCUT2D eigenvalue weighted by molar-refractivity contribution is 6.33. The number of anilines is 1. The van der Waals surface area contributed by atoms with Crippen LogP contribution in [-0.2, 0) is 6.54 Å². The summed E-state index contributed by atoms with van der Waals surface area (Å²) >= 11 is 6.14. The molecule has 2 aromatic heterocycles. The van der Waals surface area contributed by atoms with Gasteiger partial charge in [-0.2, -0.15) is 9.78 Å². The Kier molecular flexibility index (Phi) is 5.52. The summed E-state index contributed by atoms with van der Waals surface area (Å²) in [7, 11) is 3.57. The van der Waals surface area contributed by atoms with E-state index >= 15 is 0 Å². The number of hydrogen-bond donors (Lipinski definition) is 1. The summed E-state index contributed by atoms with van der Waals surface area (Å²) in [4.78, 5) is 30.4. The van der Waals surface area contributed by atoms with E-state index in [1.165, 1.54) is 10.9 Å². The molecule has 0 saturated carbocycles. The number of aromatic nitrogens is 3. The molecule has 0 atom stereocenters. The van der Waals surface area contributed by atoms with Gasteiger partial charge in [0.25, 0.3) is 11.5 Å². The van der Waals surface area contributed by atoms with Crippen molar-refractivity contribution in [1.29, 1.82) is 0 Å². The molecular formula is C19H18ClN5O2. The molecule has 0 unspecified atom stereocenters. The highest BCUT2D eigenvalue weighted by Crippen LogP contribution is 2.19. The van der Waals surface area contributed by atoms with Gasteiger partial charge in [0.05, 0.1) is 17.6 Å². The van der Waals surface area contributed by atoms with E-state index in [0.717, 1.165) is 5.56 Å². The molecule has 1 amide bonds. The minimum Gasteiger partial charge on any atom is -0.375 e. The molecule has 1 N–H and O–H groups in total. The third-order valence-electron chi connectivity index (χ3n) is 3.93. The zero-order chi connectivity index (χ0) is 19.4. The van der Waals surface area contributed by atoms with Crippen LogP contribution < -0.4 is 15.8 Å². The van der Waals surface area contributed by atoms with E-state index in [-0.39, 0.29) is 10.9 Å². The fourth-order valence-electron chi connectivity index (χ4n) is 2.46. The molecule has 0 saturated heterocycles. The highest BCUT2D eigenvalue weighted by atomic mass is 35.5. The zero-order valence-corrected chi connectivity index (χ0v) is 15.6. The topological polar surface area (TPSA) is 80.1 Å². The van der Waals surface area contributed by atoms with Crippen LogP contribution in [0.5, 0.6) is 0 Å². The smallest absolute Gasteiger partial charge is 0.292 e. The standard InChI is InChI=1S/C19H18ClN5O2/c1-24(2)16-12-23-25(19(27)17(16)20)15-7-5-14(6-8-15)18(26)22-11-13-4-3-9-21-10-13/h3-10,12H,11H2,1-2H3,(H,22,26). The molecule has 0 radical (unpaired) electrons. The Morgan fingerprint density at radius 3 is 2.56 bits per heavy atom. The number of hydrogen-bond acceptors (Lipinski definition) is 5. The molecule has 7 nitrogen and oxygen atoms in total. The van der Waals surface area contributed by atoms with Crippen molar-refractivity contribution in [3.05, 3.63) is 81.5 Å². The first-order chi connectivity index (χ1) is 13.0. The second-order valence-electron chi connectivity index (χ2n) is 6.05. The monoisotopic (exact) mass is 383 g/mol. The van der Waals surface area contributed by atoms with E-state index in [2.05, 4.69) is 15.4 Å². The van der Waals surface area contributed by atoms with Crippen molar-refractivity contribution >= 4 is 23.2 Å². The predicted molar refractivity (Wildman–Crippen MR) is 105 cm³/mol. The third-order valence-corrected chi connectivity index (χ3v) is 4.29. The van der Waals surface area contributed by atoms with Gasteiger partial charge in [-0.3, -0.25) is 14.6 Å². The van der Waals surface area contributed by atoms with Crippen molar-refractivity contribution in [1.82, 2.24) is 20.1 Å². The molecule has 1 aromatic carbocycles. The summed E-state index contributed by atoms with van der Waals surface area (Å²) in [6.45, 7) is 0.386. The van der Waals surface area contributed by atoms with E-state index in [0.29, 0.717) is 23.5 Å². The molecule has 0 bridgehead atoms. The SMILES string of the molecule is CN(C)c1cnn(-c2ccc(C(=O)NCc3cccnc3)cc2)c(=O)c1Cl. The molecule has 0 aliphatic carbocycles. The van der Waals surface area contributed by atoms with Crippen LogP contribution in [0.2, 0.25) is 5.02 Å². The number of nitrogens with zero attached hydrogens (tertiary/aromatic N) is 4. The molecule has 2 heterocycles. The number of pyridine rings is 1. The molecule has 3 aromatic rings. The normalized spacial score (nSPS) is 10.5. The van der Waals surface area contributed by atoms with Gasteiger partial charge in [0.1, 0.15) is 5.02 Å². The van der Waals surface area contributed by atoms with E-state index in [1.807, 2.05) is 12.1 Å². The van der Waals surface area contributed by atoms with Gasteiger partial charge in [0.15, 0.2) is 0 Å². The average molecular weight is 384 g/mol. The maximum atomic E-state index is 12.4. The van der Waals surface area contributed by atoms with Gasteiger partial charge in [-0.25, -0.2) is 0 Å². The van der Waals surface area contributed by atoms with Crippen LogP contribution >= 0.6 is 11.6 Å². The Labute approximate surface area is 161 Å². The Hall–Kier alpha value is -3.19. The van der Waals surface area contributed by atoms with Crippen molar-refractivity contribution in [3.63, 3.8) is 0 Å². The van der Waals surface area contributed by atoms with Crippen LogP contribution in [0.15, 0.2) is 59.8 Å². The maximum absolute atomic E-state index is 12.4. The molecule has 0 spiro atoms. The number of carbonyl (C=O) groups excluding carboxylic acids is 1. The lowest BCUT2D eigenvalue weighted by Crippen LogP contribution is -2.25. The fraction of sp³-hybridized carbons (Fsp3) is 0.158. The van der Waals surface area contributed by atoms with Crippen molar-refractivity contribution in [2.45, 2.75) is 6.54 Å². The number of rotatable bonds is 5. The summed E-state index contributed by atoms with van der Waals surface area (Å²) < 4.78 is 1.20. The summed E-state index contributed by atoms with van der Waals surface area (Å²) in [5.74, 6) is -0.216. The number of benzene rings is 1. The lowest BCUT2D eigenvalue weighted by molar-refractivity contribution is 0.0951. The van der Waals surface area contributed by atoms with E-state index in [1.54, 1.807) is 55.7 Å². The van der Waals surface area contributed by atoms with Crippen molar-refractivity contribution < 1.29 is 4.79 Å². The van der Waals surface area contributed by atoms with Crippen LogP contribution in [-0.4, -0.2) is 34.8 Å². The zero-order valence-electron chi connectivity index (χ0n) is 14.9. The Morgan fingerprint density at radius 1 is 1.19 bits per heavy atom. The van der Waals surface area contributed by atoms with Crippen LogP contribution in [0.1, 0.15) is 15.9 Å². The van der Waals surface area contributed by atoms with E-state index < -0.39 is 5.56 Å². The van der Waals surface area contributed by atoms with Gasteiger partial charge >= 0.3 is 0 Å². The van der Waals surface area contributed by atoms with Crippen molar-refractivity contribution in [2.24, 2.45) is 0 Å². The largest absolute Gasteiger partial charge is 0.375 e. The highest BCUT2D eigenvalue weighted by Gasteiger charge is 2.12. The summed E-state index contributed by atoms with van der Waals surface area (Å²) in [6, 6.07) is 10.3. The molecule has 27 heavy (non-hydrogen) atoms. The quantitative estimate of drug-likeness (QED) is 0.731. The second-order valence-corrected chi connectivity index (χ2v) is 6.42. The van der Waals surface area contributed by atoms with Crippen LogP contribution in [0, 0.1) is 0 Å². The van der Waals surface area contributed by atoms with Gasteiger partial charge in [0, 0.05) is 38.6 Å². The molecule has 138 valence electrons.